The smallest absolute Gasteiger partial charge is 0.326 e. The van der Waals surface area contributed by atoms with Gasteiger partial charge in [0.1, 0.15) is 5.54 Å². The van der Waals surface area contributed by atoms with Gasteiger partial charge < -0.3 is 14.6 Å². The lowest BCUT2D eigenvalue weighted by molar-refractivity contribution is -0.144. The first-order valence-corrected chi connectivity index (χ1v) is 4.26. The maximum Gasteiger partial charge on any atom is 0.326 e. The van der Waals surface area contributed by atoms with E-state index in [1.807, 2.05) is 0 Å². The van der Waals surface area contributed by atoms with Crippen LogP contribution in [0.2, 0.25) is 0 Å². The maximum absolute atomic E-state index is 10.9. The van der Waals surface area contributed by atoms with Crippen LogP contribution in [-0.4, -0.2) is 50.1 Å². The van der Waals surface area contributed by atoms with Crippen molar-refractivity contribution in [3.05, 3.63) is 0 Å². The molecule has 0 aromatic carbocycles. The SMILES string of the molecule is COCCNC1(C(=O)O)CCOC1. The second kappa shape index (κ2) is 4.55. The van der Waals surface area contributed by atoms with Gasteiger partial charge in [-0.3, -0.25) is 10.1 Å². The number of carboxylic acids is 1. The van der Waals surface area contributed by atoms with Crippen LogP contribution in [0.15, 0.2) is 0 Å². The number of rotatable bonds is 5. The van der Waals surface area contributed by atoms with E-state index in [2.05, 4.69) is 5.32 Å². The molecule has 5 heteroatoms. The zero-order chi connectivity index (χ0) is 9.73. The summed E-state index contributed by atoms with van der Waals surface area (Å²) < 4.78 is 9.90. The first-order valence-electron chi connectivity index (χ1n) is 4.26. The molecule has 1 heterocycles. The van der Waals surface area contributed by atoms with Crippen molar-refractivity contribution < 1.29 is 19.4 Å². The van der Waals surface area contributed by atoms with Gasteiger partial charge in [0, 0.05) is 26.7 Å². The number of carboxylic acid groups (broad SMARTS) is 1. The average Bonchev–Trinajstić information content (AvgIpc) is 2.55. The molecule has 5 nitrogen and oxygen atoms in total. The van der Waals surface area contributed by atoms with E-state index in [0.29, 0.717) is 26.2 Å². The maximum atomic E-state index is 10.9. The molecular weight excluding hydrogens is 174 g/mol. The Bertz CT molecular complexity index is 177. The van der Waals surface area contributed by atoms with Crippen LogP contribution in [-0.2, 0) is 14.3 Å². The largest absolute Gasteiger partial charge is 0.480 e. The van der Waals surface area contributed by atoms with E-state index in [1.54, 1.807) is 7.11 Å². The molecule has 0 amide bonds. The Kier molecular flexibility index (Phi) is 3.65. The summed E-state index contributed by atoms with van der Waals surface area (Å²) in [6.45, 7) is 1.79. The molecule has 0 saturated carbocycles. The zero-order valence-electron chi connectivity index (χ0n) is 7.71. The van der Waals surface area contributed by atoms with E-state index >= 15 is 0 Å². The molecule has 0 aromatic heterocycles. The monoisotopic (exact) mass is 189 g/mol. The van der Waals surface area contributed by atoms with Gasteiger partial charge in [0.25, 0.3) is 0 Å². The third-order valence-corrected chi connectivity index (χ3v) is 2.20. The van der Waals surface area contributed by atoms with Crippen LogP contribution < -0.4 is 5.32 Å². The predicted molar refractivity (Wildman–Crippen MR) is 45.7 cm³/mol. The summed E-state index contributed by atoms with van der Waals surface area (Å²) in [5, 5.41) is 11.9. The molecule has 1 unspecified atom stereocenters. The summed E-state index contributed by atoms with van der Waals surface area (Å²) in [5.74, 6) is -0.846. The molecule has 13 heavy (non-hydrogen) atoms. The molecule has 2 N–H and O–H groups in total. The normalized spacial score (nSPS) is 27.8. The fraction of sp³-hybridized carbons (Fsp3) is 0.875. The van der Waals surface area contributed by atoms with Crippen LogP contribution in [0.4, 0.5) is 0 Å². The van der Waals surface area contributed by atoms with Crippen molar-refractivity contribution in [2.45, 2.75) is 12.0 Å². The summed E-state index contributed by atoms with van der Waals surface area (Å²) in [7, 11) is 1.58. The highest BCUT2D eigenvalue weighted by molar-refractivity contribution is 5.79. The van der Waals surface area contributed by atoms with Gasteiger partial charge in [0.05, 0.1) is 13.2 Å². The highest BCUT2D eigenvalue weighted by Crippen LogP contribution is 2.18. The van der Waals surface area contributed by atoms with Gasteiger partial charge in [0.15, 0.2) is 0 Å². The molecule has 0 spiro atoms. The molecule has 1 saturated heterocycles. The number of hydrogen-bond donors (Lipinski definition) is 2. The molecule has 0 aliphatic carbocycles. The van der Waals surface area contributed by atoms with Gasteiger partial charge >= 0.3 is 5.97 Å². The fourth-order valence-corrected chi connectivity index (χ4v) is 1.34. The molecule has 0 radical (unpaired) electrons. The van der Waals surface area contributed by atoms with Crippen molar-refractivity contribution >= 4 is 5.97 Å². The summed E-state index contributed by atoms with van der Waals surface area (Å²) in [6, 6.07) is 0. The number of aliphatic carboxylic acids is 1. The zero-order valence-corrected chi connectivity index (χ0v) is 7.71. The van der Waals surface area contributed by atoms with Crippen LogP contribution in [0.5, 0.6) is 0 Å². The first kappa shape index (κ1) is 10.4. The third kappa shape index (κ3) is 2.40. The van der Waals surface area contributed by atoms with Crippen LogP contribution in [0.1, 0.15) is 6.42 Å². The van der Waals surface area contributed by atoms with E-state index in [-0.39, 0.29) is 6.61 Å². The van der Waals surface area contributed by atoms with Gasteiger partial charge in [-0.25, -0.2) is 0 Å². The van der Waals surface area contributed by atoms with Gasteiger partial charge in [-0.15, -0.1) is 0 Å². The second-order valence-electron chi connectivity index (χ2n) is 3.11. The summed E-state index contributed by atoms with van der Waals surface area (Å²) >= 11 is 0. The van der Waals surface area contributed by atoms with Crippen molar-refractivity contribution in [3.8, 4) is 0 Å². The van der Waals surface area contributed by atoms with E-state index in [4.69, 9.17) is 14.6 Å². The summed E-state index contributed by atoms with van der Waals surface area (Å²) in [4.78, 5) is 10.9. The molecule has 0 bridgehead atoms. The molecule has 1 aliphatic rings. The molecule has 1 aliphatic heterocycles. The predicted octanol–water partition coefficient (Wildman–Crippen LogP) is -0.534. The lowest BCUT2D eigenvalue weighted by Gasteiger charge is -2.23. The Balaban J connectivity index is 2.43. The fourth-order valence-electron chi connectivity index (χ4n) is 1.34. The Morgan fingerprint density at radius 3 is 3.00 bits per heavy atom. The number of carbonyl (C=O) groups is 1. The number of methoxy groups -OCH3 is 1. The van der Waals surface area contributed by atoms with Crippen LogP contribution in [0, 0.1) is 0 Å². The number of nitrogens with one attached hydrogen (secondary N) is 1. The quantitative estimate of drug-likeness (QED) is 0.569. The lowest BCUT2D eigenvalue weighted by atomic mass is 9.99. The molecule has 76 valence electrons. The van der Waals surface area contributed by atoms with E-state index in [1.165, 1.54) is 0 Å². The Morgan fingerprint density at radius 1 is 1.77 bits per heavy atom. The molecule has 1 rings (SSSR count). The van der Waals surface area contributed by atoms with Crippen molar-refractivity contribution in [2.75, 3.05) is 33.5 Å². The number of hydrogen-bond acceptors (Lipinski definition) is 4. The summed E-state index contributed by atoms with van der Waals surface area (Å²) in [6.07, 6.45) is 0.520. The summed E-state index contributed by atoms with van der Waals surface area (Å²) in [5.41, 5.74) is -0.890. The topological polar surface area (TPSA) is 67.8 Å². The van der Waals surface area contributed by atoms with Crippen LogP contribution >= 0.6 is 0 Å². The van der Waals surface area contributed by atoms with Crippen molar-refractivity contribution in [2.24, 2.45) is 0 Å². The average molecular weight is 189 g/mol. The van der Waals surface area contributed by atoms with E-state index in [0.717, 1.165) is 0 Å². The Morgan fingerprint density at radius 2 is 2.54 bits per heavy atom. The highest BCUT2D eigenvalue weighted by Gasteiger charge is 2.41. The second-order valence-corrected chi connectivity index (χ2v) is 3.11. The van der Waals surface area contributed by atoms with E-state index < -0.39 is 11.5 Å². The van der Waals surface area contributed by atoms with Gasteiger partial charge in [0.2, 0.25) is 0 Å². The first-order chi connectivity index (χ1) is 6.21. The van der Waals surface area contributed by atoms with Crippen molar-refractivity contribution in [1.29, 1.82) is 0 Å². The van der Waals surface area contributed by atoms with Crippen molar-refractivity contribution in [1.82, 2.24) is 5.32 Å². The van der Waals surface area contributed by atoms with Gasteiger partial charge in [-0.2, -0.15) is 0 Å². The molecule has 1 atom stereocenters. The minimum atomic E-state index is -0.890. The van der Waals surface area contributed by atoms with Crippen LogP contribution in [0.25, 0.3) is 0 Å². The lowest BCUT2D eigenvalue weighted by Crippen LogP contribution is -2.53. The Labute approximate surface area is 77.0 Å². The highest BCUT2D eigenvalue weighted by atomic mass is 16.5. The van der Waals surface area contributed by atoms with Crippen LogP contribution in [0.3, 0.4) is 0 Å². The molecular formula is C8H15NO4. The Hall–Kier alpha value is -0.650. The minimum absolute atomic E-state index is 0.242. The minimum Gasteiger partial charge on any atom is -0.480 e. The van der Waals surface area contributed by atoms with E-state index in [9.17, 15) is 4.79 Å². The van der Waals surface area contributed by atoms with Gasteiger partial charge in [-0.05, 0) is 0 Å². The third-order valence-electron chi connectivity index (χ3n) is 2.20. The van der Waals surface area contributed by atoms with Gasteiger partial charge in [-0.1, -0.05) is 0 Å². The standard InChI is InChI=1S/C8H15NO4/c1-12-5-3-9-8(7(10)11)2-4-13-6-8/h9H,2-6H2,1H3,(H,10,11). The molecule has 0 aromatic rings. The number of ether oxygens (including phenoxy) is 2. The molecule has 1 fully saturated rings. The van der Waals surface area contributed by atoms with Crippen molar-refractivity contribution in [3.63, 3.8) is 0 Å².